The molecule has 1 aromatic heterocycles. The Bertz CT molecular complexity index is 528. The Labute approximate surface area is 119 Å². The third kappa shape index (κ3) is 3.93. The summed E-state index contributed by atoms with van der Waals surface area (Å²) in [5.74, 6) is 1.48. The standard InChI is InChI=1S/C15H20N4O/c1-2-11-20-13-5-3-12(4-6-13)14-7-9-17-15(19-14)18-10-8-16/h3-7,9H,2,8,10-11,16H2,1H3,(H,17,18,19). The molecule has 20 heavy (non-hydrogen) atoms. The molecule has 0 saturated heterocycles. The molecule has 1 heterocycles. The second kappa shape index (κ2) is 7.45. The molecular weight excluding hydrogens is 252 g/mol. The summed E-state index contributed by atoms with van der Waals surface area (Å²) in [7, 11) is 0. The minimum absolute atomic E-state index is 0.553. The summed E-state index contributed by atoms with van der Waals surface area (Å²) < 4.78 is 5.56. The second-order valence-electron chi connectivity index (χ2n) is 4.35. The Morgan fingerprint density at radius 1 is 1.20 bits per heavy atom. The van der Waals surface area contributed by atoms with E-state index < -0.39 is 0 Å². The number of anilines is 1. The molecule has 5 nitrogen and oxygen atoms in total. The van der Waals surface area contributed by atoms with Gasteiger partial charge in [-0.3, -0.25) is 0 Å². The van der Waals surface area contributed by atoms with Gasteiger partial charge in [0.2, 0.25) is 5.95 Å². The van der Waals surface area contributed by atoms with Gasteiger partial charge in [-0.05, 0) is 36.8 Å². The highest BCUT2D eigenvalue weighted by Gasteiger charge is 2.02. The average Bonchev–Trinajstić information content (AvgIpc) is 2.52. The van der Waals surface area contributed by atoms with E-state index in [1.807, 2.05) is 30.3 Å². The smallest absolute Gasteiger partial charge is 0.223 e. The van der Waals surface area contributed by atoms with Crippen LogP contribution in [0.4, 0.5) is 5.95 Å². The van der Waals surface area contributed by atoms with Crippen LogP contribution in [0.15, 0.2) is 36.5 Å². The predicted octanol–water partition coefficient (Wildman–Crippen LogP) is 2.30. The third-order valence-electron chi connectivity index (χ3n) is 2.71. The van der Waals surface area contributed by atoms with Gasteiger partial charge < -0.3 is 15.8 Å². The molecule has 2 aromatic rings. The first-order valence-corrected chi connectivity index (χ1v) is 6.83. The van der Waals surface area contributed by atoms with E-state index in [1.54, 1.807) is 6.20 Å². The minimum Gasteiger partial charge on any atom is -0.494 e. The van der Waals surface area contributed by atoms with E-state index in [9.17, 15) is 0 Å². The highest BCUT2D eigenvalue weighted by atomic mass is 16.5. The first-order chi connectivity index (χ1) is 9.83. The van der Waals surface area contributed by atoms with Crippen LogP contribution < -0.4 is 15.8 Å². The lowest BCUT2D eigenvalue weighted by Gasteiger charge is -2.07. The average molecular weight is 272 g/mol. The zero-order valence-electron chi connectivity index (χ0n) is 11.7. The Balaban J connectivity index is 2.10. The van der Waals surface area contributed by atoms with Crippen molar-refractivity contribution >= 4 is 5.95 Å². The summed E-state index contributed by atoms with van der Waals surface area (Å²) in [6.45, 7) is 4.04. The number of nitrogens with two attached hydrogens (primary N) is 1. The van der Waals surface area contributed by atoms with Gasteiger partial charge in [0.15, 0.2) is 0 Å². The molecule has 0 radical (unpaired) electrons. The van der Waals surface area contributed by atoms with Gasteiger partial charge in [-0.25, -0.2) is 9.97 Å². The molecule has 0 amide bonds. The number of nitrogens with zero attached hydrogens (tertiary/aromatic N) is 2. The van der Waals surface area contributed by atoms with E-state index in [1.165, 1.54) is 0 Å². The van der Waals surface area contributed by atoms with Crippen LogP contribution >= 0.6 is 0 Å². The molecule has 0 bridgehead atoms. The molecule has 0 unspecified atom stereocenters. The molecule has 0 fully saturated rings. The van der Waals surface area contributed by atoms with Gasteiger partial charge in [0.25, 0.3) is 0 Å². The minimum atomic E-state index is 0.553. The summed E-state index contributed by atoms with van der Waals surface area (Å²) in [6.07, 6.45) is 2.74. The van der Waals surface area contributed by atoms with Gasteiger partial charge in [0.05, 0.1) is 12.3 Å². The van der Waals surface area contributed by atoms with Gasteiger partial charge in [-0.2, -0.15) is 0 Å². The lowest BCUT2D eigenvalue weighted by Crippen LogP contribution is -2.14. The van der Waals surface area contributed by atoms with Crippen LogP contribution in [0.2, 0.25) is 0 Å². The van der Waals surface area contributed by atoms with E-state index in [0.29, 0.717) is 19.0 Å². The number of ether oxygens (including phenoxy) is 1. The van der Waals surface area contributed by atoms with Gasteiger partial charge in [0.1, 0.15) is 5.75 Å². The summed E-state index contributed by atoms with van der Waals surface area (Å²) in [4.78, 5) is 8.61. The van der Waals surface area contributed by atoms with Crippen molar-refractivity contribution in [3.8, 4) is 17.0 Å². The van der Waals surface area contributed by atoms with Crippen molar-refractivity contribution in [3.05, 3.63) is 36.5 Å². The van der Waals surface area contributed by atoms with Crippen LogP contribution in [0.1, 0.15) is 13.3 Å². The molecule has 0 aliphatic carbocycles. The molecule has 0 saturated carbocycles. The van der Waals surface area contributed by atoms with Crippen molar-refractivity contribution in [3.63, 3.8) is 0 Å². The SMILES string of the molecule is CCCOc1ccc(-c2ccnc(NCCN)n2)cc1. The zero-order chi connectivity index (χ0) is 14.2. The fourth-order valence-electron chi connectivity index (χ4n) is 1.73. The third-order valence-corrected chi connectivity index (χ3v) is 2.71. The molecule has 0 atom stereocenters. The maximum atomic E-state index is 5.56. The molecular formula is C15H20N4O. The van der Waals surface area contributed by atoms with Crippen molar-refractivity contribution in [2.75, 3.05) is 25.0 Å². The Morgan fingerprint density at radius 3 is 2.70 bits per heavy atom. The van der Waals surface area contributed by atoms with Crippen LogP contribution in [0, 0.1) is 0 Å². The molecule has 106 valence electrons. The van der Waals surface area contributed by atoms with E-state index in [2.05, 4.69) is 22.2 Å². The topological polar surface area (TPSA) is 73.1 Å². The van der Waals surface area contributed by atoms with Gasteiger partial charge in [-0.15, -0.1) is 0 Å². The Morgan fingerprint density at radius 2 is 2.00 bits per heavy atom. The highest BCUT2D eigenvalue weighted by molar-refractivity contribution is 5.60. The normalized spacial score (nSPS) is 10.3. The monoisotopic (exact) mass is 272 g/mol. The summed E-state index contributed by atoms with van der Waals surface area (Å²) in [5.41, 5.74) is 7.36. The molecule has 2 rings (SSSR count). The molecule has 1 aromatic carbocycles. The number of nitrogens with one attached hydrogen (secondary N) is 1. The number of aromatic nitrogens is 2. The van der Waals surface area contributed by atoms with Gasteiger partial charge >= 0.3 is 0 Å². The maximum Gasteiger partial charge on any atom is 0.223 e. The van der Waals surface area contributed by atoms with Crippen LogP contribution in [0.25, 0.3) is 11.3 Å². The lowest BCUT2D eigenvalue weighted by molar-refractivity contribution is 0.317. The molecule has 5 heteroatoms. The first kappa shape index (κ1) is 14.3. The second-order valence-corrected chi connectivity index (χ2v) is 4.35. The van der Waals surface area contributed by atoms with Crippen molar-refractivity contribution in [1.29, 1.82) is 0 Å². The van der Waals surface area contributed by atoms with E-state index >= 15 is 0 Å². The van der Waals surface area contributed by atoms with Crippen LogP contribution in [0.3, 0.4) is 0 Å². The predicted molar refractivity (Wildman–Crippen MR) is 80.8 cm³/mol. The number of benzene rings is 1. The molecule has 0 aliphatic heterocycles. The van der Waals surface area contributed by atoms with E-state index in [4.69, 9.17) is 10.5 Å². The van der Waals surface area contributed by atoms with Gasteiger partial charge in [-0.1, -0.05) is 6.92 Å². The number of rotatable bonds is 7. The molecule has 0 spiro atoms. The summed E-state index contributed by atoms with van der Waals surface area (Å²) in [5, 5.41) is 3.07. The van der Waals surface area contributed by atoms with E-state index in [0.717, 1.165) is 30.0 Å². The Kier molecular flexibility index (Phi) is 5.32. The summed E-state index contributed by atoms with van der Waals surface area (Å²) in [6, 6.07) is 9.80. The molecule has 3 N–H and O–H groups in total. The highest BCUT2D eigenvalue weighted by Crippen LogP contribution is 2.21. The van der Waals surface area contributed by atoms with Crippen molar-refractivity contribution in [2.45, 2.75) is 13.3 Å². The van der Waals surface area contributed by atoms with Crippen molar-refractivity contribution in [2.24, 2.45) is 5.73 Å². The number of hydrogen-bond donors (Lipinski definition) is 2. The summed E-state index contributed by atoms with van der Waals surface area (Å²) >= 11 is 0. The van der Waals surface area contributed by atoms with Crippen LogP contribution in [0.5, 0.6) is 5.75 Å². The number of hydrogen-bond acceptors (Lipinski definition) is 5. The Hall–Kier alpha value is -2.14. The molecule has 0 aliphatic rings. The maximum absolute atomic E-state index is 5.56. The van der Waals surface area contributed by atoms with E-state index in [-0.39, 0.29) is 0 Å². The fraction of sp³-hybridized carbons (Fsp3) is 0.333. The van der Waals surface area contributed by atoms with Crippen LogP contribution in [-0.2, 0) is 0 Å². The quantitative estimate of drug-likeness (QED) is 0.809. The van der Waals surface area contributed by atoms with Gasteiger partial charge in [0, 0.05) is 24.8 Å². The largest absolute Gasteiger partial charge is 0.494 e. The van der Waals surface area contributed by atoms with Crippen molar-refractivity contribution < 1.29 is 4.74 Å². The van der Waals surface area contributed by atoms with Crippen molar-refractivity contribution in [1.82, 2.24) is 9.97 Å². The fourth-order valence-corrected chi connectivity index (χ4v) is 1.73. The van der Waals surface area contributed by atoms with Crippen LogP contribution in [-0.4, -0.2) is 29.7 Å². The lowest BCUT2D eigenvalue weighted by atomic mass is 10.1. The zero-order valence-corrected chi connectivity index (χ0v) is 11.7. The first-order valence-electron chi connectivity index (χ1n) is 6.83.